The van der Waals surface area contributed by atoms with E-state index in [1.165, 1.54) is 6.92 Å². The highest BCUT2D eigenvalue weighted by Gasteiger charge is 2.22. The molecule has 2 amide bonds. The van der Waals surface area contributed by atoms with Gasteiger partial charge in [0.05, 0.1) is 11.7 Å². The van der Waals surface area contributed by atoms with Crippen LogP contribution in [0.2, 0.25) is 0 Å². The average molecular weight is 371 g/mol. The van der Waals surface area contributed by atoms with Gasteiger partial charge in [-0.05, 0) is 26.2 Å². The molecule has 0 unspecified atom stereocenters. The first-order valence-electron chi connectivity index (χ1n) is 7.92. The molecule has 140 valence electrons. The van der Waals surface area contributed by atoms with Crippen molar-refractivity contribution in [2.45, 2.75) is 51.2 Å². The number of thiol groups is 1. The second-order valence-corrected chi connectivity index (χ2v) is 6.02. The molecule has 2 atom stereocenters. The van der Waals surface area contributed by atoms with E-state index < -0.39 is 12.1 Å². The van der Waals surface area contributed by atoms with Crippen LogP contribution in [0.15, 0.2) is 6.20 Å². The van der Waals surface area contributed by atoms with Crippen LogP contribution in [0.25, 0.3) is 0 Å². The minimum atomic E-state index is -0.673. The van der Waals surface area contributed by atoms with Crippen molar-refractivity contribution in [1.29, 1.82) is 0 Å². The van der Waals surface area contributed by atoms with Crippen molar-refractivity contribution in [2.24, 2.45) is 11.6 Å². The van der Waals surface area contributed by atoms with Gasteiger partial charge in [-0.2, -0.15) is 12.6 Å². The zero-order valence-corrected chi connectivity index (χ0v) is 15.0. The second-order valence-electron chi connectivity index (χ2n) is 5.66. The lowest BCUT2D eigenvalue weighted by atomic mass is 10.1. The van der Waals surface area contributed by atoms with Crippen LogP contribution in [-0.4, -0.2) is 50.4 Å². The summed E-state index contributed by atoms with van der Waals surface area (Å²) in [7, 11) is 0. The van der Waals surface area contributed by atoms with Gasteiger partial charge in [0.2, 0.25) is 11.8 Å². The number of aryl methyl sites for hydroxylation is 2. The molecule has 0 aliphatic heterocycles. The highest BCUT2D eigenvalue weighted by molar-refractivity contribution is 7.80. The van der Waals surface area contributed by atoms with Gasteiger partial charge >= 0.3 is 0 Å². The minimum absolute atomic E-state index is 0.162. The number of carbonyl (C=O) groups is 3. The van der Waals surface area contributed by atoms with Crippen molar-refractivity contribution in [3.8, 4) is 0 Å². The molecular weight excluding hydrogens is 346 g/mol. The van der Waals surface area contributed by atoms with Gasteiger partial charge in [-0.1, -0.05) is 5.21 Å². The van der Waals surface area contributed by atoms with Gasteiger partial charge in [0.15, 0.2) is 5.78 Å². The molecule has 1 heterocycles. The third-order valence-electron chi connectivity index (χ3n) is 3.60. The summed E-state index contributed by atoms with van der Waals surface area (Å²) in [5.74, 6) is 4.58. The lowest BCUT2D eigenvalue weighted by Crippen LogP contribution is -2.52. The number of rotatable bonds is 12. The summed E-state index contributed by atoms with van der Waals surface area (Å²) in [5, 5.41) is 10.6. The molecule has 1 rings (SSSR count). The SMILES string of the molecule is CC(=O)[C@H](CCn1cc(CCCC(N)=O)nn1)NC(=O)[C@H](CS)NN. The molecule has 0 saturated carbocycles. The molecular formula is C14H25N7O3S. The normalized spacial score (nSPS) is 13.2. The van der Waals surface area contributed by atoms with Crippen molar-refractivity contribution >= 4 is 30.2 Å². The Bertz CT molecular complexity index is 589. The maximum absolute atomic E-state index is 12.0. The summed E-state index contributed by atoms with van der Waals surface area (Å²) in [4.78, 5) is 34.4. The molecule has 1 aromatic heterocycles. The summed E-state index contributed by atoms with van der Waals surface area (Å²) < 4.78 is 1.60. The zero-order chi connectivity index (χ0) is 18.8. The maximum atomic E-state index is 12.0. The van der Waals surface area contributed by atoms with E-state index in [0.29, 0.717) is 32.2 Å². The van der Waals surface area contributed by atoms with E-state index in [9.17, 15) is 14.4 Å². The number of aromatic nitrogens is 3. The Morgan fingerprint density at radius 1 is 1.36 bits per heavy atom. The maximum Gasteiger partial charge on any atom is 0.239 e. The van der Waals surface area contributed by atoms with E-state index in [4.69, 9.17) is 11.6 Å². The molecule has 0 aromatic carbocycles. The average Bonchev–Trinajstić information content (AvgIpc) is 2.99. The number of primary amides is 1. The highest BCUT2D eigenvalue weighted by atomic mass is 32.1. The van der Waals surface area contributed by atoms with E-state index in [2.05, 4.69) is 33.7 Å². The first kappa shape index (κ1) is 21.1. The molecule has 0 aliphatic rings. The fraction of sp³-hybridized carbons (Fsp3) is 0.643. The summed E-state index contributed by atoms with van der Waals surface area (Å²) >= 11 is 4.02. The van der Waals surface area contributed by atoms with Crippen LogP contribution in [0.4, 0.5) is 0 Å². The number of hydrazine groups is 1. The Balaban J connectivity index is 2.52. The lowest BCUT2D eigenvalue weighted by molar-refractivity contribution is -0.128. The first-order valence-corrected chi connectivity index (χ1v) is 8.55. The number of Topliss-reactive ketones (excluding diaryl/α,β-unsaturated/α-hetero) is 1. The molecule has 0 radical (unpaired) electrons. The van der Waals surface area contributed by atoms with Gasteiger partial charge in [-0.25, -0.2) is 5.43 Å². The van der Waals surface area contributed by atoms with Crippen molar-refractivity contribution in [2.75, 3.05) is 5.75 Å². The zero-order valence-electron chi connectivity index (χ0n) is 14.1. The third kappa shape index (κ3) is 7.63. The number of amides is 2. The molecule has 0 bridgehead atoms. The van der Waals surface area contributed by atoms with Gasteiger partial charge in [0.1, 0.15) is 6.04 Å². The van der Waals surface area contributed by atoms with Crippen molar-refractivity contribution < 1.29 is 14.4 Å². The molecule has 0 spiro atoms. The van der Waals surface area contributed by atoms with E-state index in [1.807, 2.05) is 0 Å². The Morgan fingerprint density at radius 2 is 2.08 bits per heavy atom. The summed E-state index contributed by atoms with van der Waals surface area (Å²) in [6.07, 6.45) is 3.62. The van der Waals surface area contributed by atoms with Crippen LogP contribution >= 0.6 is 12.6 Å². The molecule has 10 nitrogen and oxygen atoms in total. The topological polar surface area (TPSA) is 158 Å². The van der Waals surface area contributed by atoms with Crippen LogP contribution in [0.5, 0.6) is 0 Å². The van der Waals surface area contributed by atoms with Gasteiger partial charge in [-0.3, -0.25) is 24.9 Å². The lowest BCUT2D eigenvalue weighted by Gasteiger charge is -2.19. The number of nitrogens with zero attached hydrogens (tertiary/aromatic N) is 3. The summed E-state index contributed by atoms with van der Waals surface area (Å²) in [6, 6.07) is -1.32. The fourth-order valence-electron chi connectivity index (χ4n) is 2.13. The van der Waals surface area contributed by atoms with Crippen LogP contribution in [0.3, 0.4) is 0 Å². The number of hydrogen-bond acceptors (Lipinski definition) is 8. The highest BCUT2D eigenvalue weighted by Crippen LogP contribution is 2.03. The Hall–Kier alpha value is -1.98. The smallest absolute Gasteiger partial charge is 0.239 e. The monoisotopic (exact) mass is 371 g/mol. The largest absolute Gasteiger partial charge is 0.370 e. The van der Waals surface area contributed by atoms with E-state index in [-0.39, 0.29) is 23.4 Å². The van der Waals surface area contributed by atoms with Crippen molar-refractivity contribution in [1.82, 2.24) is 25.7 Å². The van der Waals surface area contributed by atoms with Crippen molar-refractivity contribution in [3.05, 3.63) is 11.9 Å². The number of nitrogens with two attached hydrogens (primary N) is 2. The van der Waals surface area contributed by atoms with Crippen LogP contribution in [0.1, 0.15) is 31.9 Å². The molecule has 6 N–H and O–H groups in total. The Labute approximate surface area is 151 Å². The van der Waals surface area contributed by atoms with Crippen LogP contribution in [-0.2, 0) is 27.3 Å². The number of hydrogen-bond donors (Lipinski definition) is 5. The molecule has 0 fully saturated rings. The molecule has 0 saturated heterocycles. The van der Waals surface area contributed by atoms with Gasteiger partial charge in [0.25, 0.3) is 0 Å². The molecule has 11 heteroatoms. The number of nitrogens with one attached hydrogen (secondary N) is 2. The number of ketones is 1. The molecule has 1 aromatic rings. The van der Waals surface area contributed by atoms with E-state index in [1.54, 1.807) is 10.9 Å². The number of carbonyl (C=O) groups excluding carboxylic acids is 3. The van der Waals surface area contributed by atoms with E-state index in [0.717, 1.165) is 5.69 Å². The molecule has 25 heavy (non-hydrogen) atoms. The second kappa shape index (κ2) is 10.8. The predicted octanol–water partition coefficient (Wildman–Crippen LogP) is -1.69. The van der Waals surface area contributed by atoms with Gasteiger partial charge in [-0.15, -0.1) is 5.10 Å². The summed E-state index contributed by atoms with van der Waals surface area (Å²) in [5.41, 5.74) is 8.17. The quantitative estimate of drug-likeness (QED) is 0.167. The molecule has 0 aliphatic carbocycles. The fourth-order valence-corrected chi connectivity index (χ4v) is 2.40. The van der Waals surface area contributed by atoms with Gasteiger partial charge in [0, 0.05) is 24.9 Å². The first-order chi connectivity index (χ1) is 11.9. The van der Waals surface area contributed by atoms with Crippen molar-refractivity contribution in [3.63, 3.8) is 0 Å². The van der Waals surface area contributed by atoms with Crippen LogP contribution in [0, 0.1) is 0 Å². The van der Waals surface area contributed by atoms with Gasteiger partial charge < -0.3 is 11.1 Å². The Kier molecular flexibility index (Phi) is 9.10. The van der Waals surface area contributed by atoms with E-state index >= 15 is 0 Å². The predicted molar refractivity (Wildman–Crippen MR) is 94.3 cm³/mol. The Morgan fingerprint density at radius 3 is 2.64 bits per heavy atom. The summed E-state index contributed by atoms with van der Waals surface area (Å²) in [6.45, 7) is 1.82. The standard InChI is InChI=1S/C14H25N7O3S/c1-9(22)11(17-14(24)12(8-25)18-16)5-6-21-7-10(19-20-21)3-2-4-13(15)23/h7,11-12,18,25H,2-6,8,16H2,1H3,(H2,15,23)(H,17,24)/t11-,12-/m0/s1. The van der Waals surface area contributed by atoms with Crippen LogP contribution < -0.4 is 22.3 Å². The minimum Gasteiger partial charge on any atom is -0.370 e. The third-order valence-corrected chi connectivity index (χ3v) is 3.96.